The van der Waals surface area contributed by atoms with Crippen molar-refractivity contribution in [1.29, 1.82) is 0 Å². The third kappa shape index (κ3) is 2.97. The molecule has 1 aliphatic rings. The van der Waals surface area contributed by atoms with Gasteiger partial charge in [-0.25, -0.2) is 9.97 Å². The zero-order chi connectivity index (χ0) is 15.0. The third-order valence-electron chi connectivity index (χ3n) is 3.33. The molecule has 0 bridgehead atoms. The summed E-state index contributed by atoms with van der Waals surface area (Å²) in [5.41, 5.74) is 6.82. The molecule has 2 heterocycles. The van der Waals surface area contributed by atoms with Crippen LogP contribution in [0.5, 0.6) is 5.75 Å². The molecule has 1 atom stereocenters. The fourth-order valence-electron chi connectivity index (χ4n) is 2.16. The number of anilines is 1. The summed E-state index contributed by atoms with van der Waals surface area (Å²) in [6.45, 7) is 6.35. The van der Waals surface area contributed by atoms with Crippen LogP contribution < -0.4 is 10.5 Å². The summed E-state index contributed by atoms with van der Waals surface area (Å²) in [5.74, 6) is 2.85. The second-order valence-corrected chi connectivity index (χ2v) is 7.21. The van der Waals surface area contributed by atoms with E-state index in [-0.39, 0.29) is 11.5 Å². The highest BCUT2D eigenvalue weighted by molar-refractivity contribution is 7.99. The molecule has 0 amide bonds. The Labute approximate surface area is 129 Å². The average molecular weight is 301 g/mol. The van der Waals surface area contributed by atoms with Crippen LogP contribution in [-0.4, -0.2) is 15.7 Å². The normalized spacial score (nSPS) is 18.0. The monoisotopic (exact) mass is 301 g/mol. The van der Waals surface area contributed by atoms with E-state index in [9.17, 15) is 0 Å². The predicted molar refractivity (Wildman–Crippen MR) is 85.7 cm³/mol. The summed E-state index contributed by atoms with van der Waals surface area (Å²) in [6, 6.07) is 9.88. The second kappa shape index (κ2) is 5.22. The molecule has 0 saturated carbocycles. The molecule has 110 valence electrons. The highest BCUT2D eigenvalue weighted by atomic mass is 32.2. The molecule has 0 saturated heterocycles. The molecule has 1 aromatic heterocycles. The Bertz CT molecular complexity index is 667. The van der Waals surface area contributed by atoms with Crippen molar-refractivity contribution in [2.75, 3.05) is 11.5 Å². The molecule has 2 N–H and O–H groups in total. The van der Waals surface area contributed by atoms with Gasteiger partial charge >= 0.3 is 0 Å². The molecule has 0 radical (unpaired) electrons. The van der Waals surface area contributed by atoms with Crippen molar-refractivity contribution in [2.45, 2.75) is 37.2 Å². The Hall–Kier alpha value is -1.75. The average Bonchev–Trinajstić information content (AvgIpc) is 2.45. The van der Waals surface area contributed by atoms with Gasteiger partial charge in [-0.3, -0.25) is 0 Å². The first kappa shape index (κ1) is 14.2. The fourth-order valence-corrected chi connectivity index (χ4v) is 3.14. The quantitative estimate of drug-likeness (QED) is 0.872. The molecule has 4 nitrogen and oxygen atoms in total. The summed E-state index contributed by atoms with van der Waals surface area (Å²) in [6.07, 6.45) is -0.158. The van der Waals surface area contributed by atoms with Crippen molar-refractivity contribution in [3.63, 3.8) is 0 Å². The van der Waals surface area contributed by atoms with Crippen LogP contribution >= 0.6 is 11.8 Å². The lowest BCUT2D eigenvalue weighted by Crippen LogP contribution is -2.22. The van der Waals surface area contributed by atoms with Gasteiger partial charge < -0.3 is 10.5 Å². The molecule has 2 aromatic rings. The maximum Gasteiger partial charge on any atom is 0.172 e. The van der Waals surface area contributed by atoms with Gasteiger partial charge in [0, 0.05) is 22.1 Å². The summed E-state index contributed by atoms with van der Waals surface area (Å²) in [5, 5.41) is 0. The first-order chi connectivity index (χ1) is 9.93. The van der Waals surface area contributed by atoms with Crippen LogP contribution in [0.25, 0.3) is 0 Å². The van der Waals surface area contributed by atoms with Crippen LogP contribution in [-0.2, 0) is 5.41 Å². The molecule has 0 spiro atoms. The van der Waals surface area contributed by atoms with Gasteiger partial charge in [0.15, 0.2) is 11.9 Å². The van der Waals surface area contributed by atoms with Crippen molar-refractivity contribution in [3.8, 4) is 5.75 Å². The number of nitrogens with zero attached hydrogens (tertiary/aromatic N) is 2. The van der Waals surface area contributed by atoms with Crippen LogP contribution in [0, 0.1) is 0 Å². The number of nitrogen functional groups attached to an aromatic ring is 1. The molecule has 3 rings (SSSR count). The predicted octanol–water partition coefficient (Wildman–Crippen LogP) is 3.58. The molecule has 1 aromatic carbocycles. The molecule has 1 aliphatic heterocycles. The van der Waals surface area contributed by atoms with Crippen molar-refractivity contribution >= 4 is 17.6 Å². The minimum absolute atomic E-state index is 0.0640. The summed E-state index contributed by atoms with van der Waals surface area (Å²) in [4.78, 5) is 10.2. The van der Waals surface area contributed by atoms with Gasteiger partial charge in [0.25, 0.3) is 0 Å². The van der Waals surface area contributed by atoms with Crippen LogP contribution in [0.15, 0.2) is 35.2 Å². The van der Waals surface area contributed by atoms with E-state index in [1.54, 1.807) is 11.8 Å². The standard InChI is InChI=1S/C16H19N3OS/c1-16(2,3)13-8-14(17)19-15(18-13)11-9-21-12-7-5-4-6-10(12)20-11/h4-8,11H,9H2,1-3H3,(H2,17,18,19). The van der Waals surface area contributed by atoms with Crippen LogP contribution in [0.3, 0.4) is 0 Å². The molecular weight excluding hydrogens is 282 g/mol. The molecule has 21 heavy (non-hydrogen) atoms. The number of para-hydroxylation sites is 1. The number of fused-ring (bicyclic) bond motifs is 1. The summed E-state index contributed by atoms with van der Waals surface area (Å²) >= 11 is 1.77. The zero-order valence-electron chi connectivity index (χ0n) is 12.5. The maximum atomic E-state index is 6.04. The number of benzene rings is 1. The van der Waals surface area contributed by atoms with Gasteiger partial charge in [-0.1, -0.05) is 32.9 Å². The first-order valence-corrected chi connectivity index (χ1v) is 7.95. The topological polar surface area (TPSA) is 61.0 Å². The lowest BCUT2D eigenvalue weighted by molar-refractivity contribution is 0.209. The molecule has 1 unspecified atom stereocenters. The van der Waals surface area contributed by atoms with E-state index in [4.69, 9.17) is 10.5 Å². The second-order valence-electron chi connectivity index (χ2n) is 6.15. The van der Waals surface area contributed by atoms with Crippen molar-refractivity contribution in [3.05, 3.63) is 41.9 Å². The Morgan fingerprint density at radius 3 is 2.76 bits per heavy atom. The maximum absolute atomic E-state index is 6.04. The van der Waals surface area contributed by atoms with Crippen molar-refractivity contribution in [2.24, 2.45) is 0 Å². The number of thioether (sulfide) groups is 1. The molecular formula is C16H19N3OS. The molecule has 0 fully saturated rings. The van der Waals surface area contributed by atoms with Crippen molar-refractivity contribution in [1.82, 2.24) is 9.97 Å². The van der Waals surface area contributed by atoms with E-state index < -0.39 is 0 Å². The van der Waals surface area contributed by atoms with Gasteiger partial charge in [0.2, 0.25) is 0 Å². The van der Waals surface area contributed by atoms with E-state index in [1.165, 1.54) is 0 Å². The Kier molecular flexibility index (Phi) is 3.53. The number of hydrogen-bond donors (Lipinski definition) is 1. The zero-order valence-corrected chi connectivity index (χ0v) is 13.3. The van der Waals surface area contributed by atoms with Crippen LogP contribution in [0.2, 0.25) is 0 Å². The Balaban J connectivity index is 1.94. The lowest BCUT2D eigenvalue weighted by Gasteiger charge is -2.26. The number of rotatable bonds is 1. The van der Waals surface area contributed by atoms with E-state index >= 15 is 0 Å². The van der Waals surface area contributed by atoms with Crippen LogP contribution in [0.1, 0.15) is 38.4 Å². The summed E-state index contributed by atoms with van der Waals surface area (Å²) < 4.78 is 6.04. The van der Waals surface area contributed by atoms with E-state index in [0.717, 1.165) is 22.1 Å². The Morgan fingerprint density at radius 2 is 2.00 bits per heavy atom. The largest absolute Gasteiger partial charge is 0.480 e. The van der Waals surface area contributed by atoms with Gasteiger partial charge in [-0.15, -0.1) is 11.8 Å². The first-order valence-electron chi connectivity index (χ1n) is 6.97. The number of ether oxygens (including phenoxy) is 1. The Morgan fingerprint density at radius 1 is 1.24 bits per heavy atom. The fraction of sp³-hybridized carbons (Fsp3) is 0.375. The minimum atomic E-state index is -0.158. The SMILES string of the molecule is CC(C)(C)c1cc(N)nc(C2CSc3ccccc3O2)n1. The number of aromatic nitrogens is 2. The van der Waals surface area contributed by atoms with E-state index in [1.807, 2.05) is 24.3 Å². The molecule has 0 aliphatic carbocycles. The highest BCUT2D eigenvalue weighted by Gasteiger charge is 2.26. The van der Waals surface area contributed by atoms with Crippen molar-refractivity contribution < 1.29 is 4.74 Å². The lowest BCUT2D eigenvalue weighted by atomic mass is 9.92. The van der Waals surface area contributed by atoms with Gasteiger partial charge in [0.1, 0.15) is 11.6 Å². The molecule has 5 heteroatoms. The number of nitrogens with two attached hydrogens (primary N) is 1. The van der Waals surface area contributed by atoms with Gasteiger partial charge in [-0.05, 0) is 12.1 Å². The third-order valence-corrected chi connectivity index (χ3v) is 4.45. The van der Waals surface area contributed by atoms with Crippen LogP contribution in [0.4, 0.5) is 5.82 Å². The number of hydrogen-bond acceptors (Lipinski definition) is 5. The summed E-state index contributed by atoms with van der Waals surface area (Å²) in [7, 11) is 0. The minimum Gasteiger partial charge on any atom is -0.480 e. The van der Waals surface area contributed by atoms with E-state index in [2.05, 4.69) is 36.8 Å². The van der Waals surface area contributed by atoms with E-state index in [0.29, 0.717) is 11.6 Å². The smallest absolute Gasteiger partial charge is 0.172 e. The van der Waals surface area contributed by atoms with Gasteiger partial charge in [-0.2, -0.15) is 0 Å². The highest BCUT2D eigenvalue weighted by Crippen LogP contribution is 2.39. The van der Waals surface area contributed by atoms with Gasteiger partial charge in [0.05, 0.1) is 5.69 Å².